The van der Waals surface area contributed by atoms with E-state index in [1.54, 1.807) is 5.01 Å². The predicted octanol–water partition coefficient (Wildman–Crippen LogP) is -0.529. The minimum atomic E-state index is 0.627. The number of nitrogens with two attached hydrogens (primary N) is 2. The van der Waals surface area contributed by atoms with Crippen molar-refractivity contribution in [2.24, 2.45) is 11.5 Å². The van der Waals surface area contributed by atoms with Crippen molar-refractivity contribution in [2.45, 2.75) is 0 Å². The molecule has 5 heteroatoms. The van der Waals surface area contributed by atoms with E-state index in [9.17, 15) is 0 Å². The molecule has 1 heterocycles. The van der Waals surface area contributed by atoms with Crippen molar-refractivity contribution in [2.75, 3.05) is 14.1 Å². The molecule has 0 unspecified atom stereocenters. The summed E-state index contributed by atoms with van der Waals surface area (Å²) in [6.45, 7) is 0. The van der Waals surface area contributed by atoms with Crippen LogP contribution in [0.5, 0.6) is 0 Å². The minimum Gasteiger partial charge on any atom is -0.389 e. The van der Waals surface area contributed by atoms with Crippen LogP contribution in [-0.2, 0) is 0 Å². The molecule has 0 aliphatic carbocycles. The molecule has 0 saturated carbocycles. The number of rotatable bonds is 0. The van der Waals surface area contributed by atoms with Gasteiger partial charge in [-0.1, -0.05) is 0 Å². The number of nitrogens with zero attached hydrogens (tertiary/aromatic N) is 2. The van der Waals surface area contributed by atoms with Crippen LogP contribution in [0, 0.1) is 0 Å². The largest absolute Gasteiger partial charge is 0.389 e. The molecule has 0 aromatic carbocycles. The molecule has 4 nitrogen and oxygen atoms in total. The molecule has 0 aromatic rings. The molecule has 52 valence electrons. The van der Waals surface area contributed by atoms with E-state index in [4.69, 9.17) is 11.5 Å². The molecule has 0 spiro atoms. The Hall–Kier alpha value is -0.550. The average Bonchev–Trinajstić information content (AvgIpc) is 1.98. The maximum atomic E-state index is 5.53. The minimum absolute atomic E-state index is 0.627. The quantitative estimate of drug-likeness (QED) is 0.450. The maximum Gasteiger partial charge on any atom is 0.146 e. The highest BCUT2D eigenvalue weighted by Gasteiger charge is 2.20. The zero-order valence-corrected chi connectivity index (χ0v) is 6.27. The molecule has 0 atom stereocenters. The third-order valence-electron chi connectivity index (χ3n) is 1.25. The van der Waals surface area contributed by atoms with Gasteiger partial charge in [-0.15, -0.1) is 0 Å². The van der Waals surface area contributed by atoms with Gasteiger partial charge < -0.3 is 11.5 Å². The van der Waals surface area contributed by atoms with Gasteiger partial charge in [0.2, 0.25) is 0 Å². The lowest BCUT2D eigenvalue weighted by atomic mass is 10.7. The lowest BCUT2D eigenvalue weighted by Crippen LogP contribution is -2.29. The second-order valence-electron chi connectivity index (χ2n) is 1.83. The van der Waals surface area contributed by atoms with Gasteiger partial charge in [0.05, 0.1) is 0 Å². The van der Waals surface area contributed by atoms with Crippen LogP contribution in [0.2, 0.25) is 0 Å². The van der Waals surface area contributed by atoms with Crippen LogP contribution in [0.25, 0.3) is 0 Å². The van der Waals surface area contributed by atoms with Crippen LogP contribution in [-0.4, -0.2) is 23.5 Å². The summed E-state index contributed by atoms with van der Waals surface area (Å²) in [5.74, 6) is 0.627. The predicted molar refractivity (Wildman–Crippen MR) is 38.5 cm³/mol. The van der Waals surface area contributed by atoms with Gasteiger partial charge >= 0.3 is 0 Å². The molecule has 1 aliphatic heterocycles. The van der Waals surface area contributed by atoms with Gasteiger partial charge in [0.25, 0.3) is 0 Å². The van der Waals surface area contributed by atoms with Gasteiger partial charge in [0, 0.05) is 14.1 Å². The summed E-state index contributed by atoms with van der Waals surface area (Å²) < 4.78 is 1.87. The number of hydrazine groups is 1. The summed E-state index contributed by atoms with van der Waals surface area (Å²) >= 11 is 1.43. The molecular formula is C4H10N4S. The summed E-state index contributed by atoms with van der Waals surface area (Å²) in [6.07, 6.45) is 0. The van der Waals surface area contributed by atoms with Crippen molar-refractivity contribution in [1.82, 2.24) is 9.42 Å². The topological polar surface area (TPSA) is 58.5 Å². The zero-order valence-electron chi connectivity index (χ0n) is 5.46. The first kappa shape index (κ1) is 6.57. The summed E-state index contributed by atoms with van der Waals surface area (Å²) in [5, 5.41) is 2.46. The fraction of sp³-hybridized carbons (Fsp3) is 0.500. The van der Waals surface area contributed by atoms with E-state index < -0.39 is 0 Å². The molecule has 0 radical (unpaired) electrons. The molecule has 0 bridgehead atoms. The van der Waals surface area contributed by atoms with Crippen LogP contribution < -0.4 is 11.5 Å². The Morgan fingerprint density at radius 3 is 2.00 bits per heavy atom. The Morgan fingerprint density at radius 2 is 1.89 bits per heavy atom. The molecule has 0 saturated heterocycles. The lowest BCUT2D eigenvalue weighted by Gasteiger charge is -2.19. The molecule has 1 aliphatic rings. The summed E-state index contributed by atoms with van der Waals surface area (Å²) in [7, 11) is 3.76. The van der Waals surface area contributed by atoms with Crippen molar-refractivity contribution in [3.05, 3.63) is 10.9 Å². The molecule has 1 rings (SSSR count). The van der Waals surface area contributed by atoms with Gasteiger partial charge in [0.1, 0.15) is 10.9 Å². The van der Waals surface area contributed by atoms with Crippen LogP contribution in [0.15, 0.2) is 10.9 Å². The van der Waals surface area contributed by atoms with E-state index in [1.807, 2.05) is 18.5 Å². The smallest absolute Gasteiger partial charge is 0.146 e. The highest BCUT2D eigenvalue weighted by molar-refractivity contribution is 8.00. The Bertz CT molecular complexity index is 155. The Morgan fingerprint density at radius 1 is 1.33 bits per heavy atom. The van der Waals surface area contributed by atoms with Crippen molar-refractivity contribution in [3.63, 3.8) is 0 Å². The van der Waals surface area contributed by atoms with E-state index in [1.165, 1.54) is 11.9 Å². The first-order chi connectivity index (χ1) is 4.13. The SMILES string of the molecule is CN1SC(N)=C(N)N1C. The number of hydrogen-bond donors (Lipinski definition) is 2. The Kier molecular flexibility index (Phi) is 1.46. The first-order valence-corrected chi connectivity index (χ1v) is 3.31. The zero-order chi connectivity index (χ0) is 7.02. The second-order valence-corrected chi connectivity index (χ2v) is 2.98. The van der Waals surface area contributed by atoms with E-state index in [-0.39, 0.29) is 0 Å². The average molecular weight is 146 g/mol. The molecule has 0 amide bonds. The van der Waals surface area contributed by atoms with Crippen LogP contribution in [0.4, 0.5) is 0 Å². The maximum absolute atomic E-state index is 5.53. The molecule has 0 fully saturated rings. The Labute approximate surface area is 58.6 Å². The van der Waals surface area contributed by atoms with Crippen molar-refractivity contribution in [1.29, 1.82) is 0 Å². The van der Waals surface area contributed by atoms with Crippen molar-refractivity contribution in [3.8, 4) is 0 Å². The summed E-state index contributed by atoms with van der Waals surface area (Å²) in [4.78, 5) is 0. The van der Waals surface area contributed by atoms with Gasteiger partial charge in [0.15, 0.2) is 0 Å². The highest BCUT2D eigenvalue weighted by Crippen LogP contribution is 2.26. The molecular weight excluding hydrogens is 136 g/mol. The van der Waals surface area contributed by atoms with Crippen molar-refractivity contribution < 1.29 is 0 Å². The van der Waals surface area contributed by atoms with Gasteiger partial charge in [-0.25, -0.2) is 0 Å². The fourth-order valence-corrected chi connectivity index (χ4v) is 1.28. The number of hydrogen-bond acceptors (Lipinski definition) is 5. The third-order valence-corrected chi connectivity index (χ3v) is 2.17. The Balaban J connectivity index is 2.74. The normalized spacial score (nSPS) is 21.8. The molecule has 4 N–H and O–H groups in total. The standard InChI is InChI=1S/C4H10N4S/c1-7-3(5)4(6)9-8(7)2/h5-6H2,1-2H3. The van der Waals surface area contributed by atoms with Gasteiger partial charge in [-0.3, -0.25) is 5.01 Å². The molecule has 0 aromatic heterocycles. The lowest BCUT2D eigenvalue weighted by molar-refractivity contribution is 0.195. The van der Waals surface area contributed by atoms with Gasteiger partial charge in [-0.05, 0) is 11.9 Å². The first-order valence-electron chi connectivity index (χ1n) is 2.53. The van der Waals surface area contributed by atoms with E-state index in [0.29, 0.717) is 10.9 Å². The van der Waals surface area contributed by atoms with Crippen LogP contribution in [0.3, 0.4) is 0 Å². The van der Waals surface area contributed by atoms with E-state index >= 15 is 0 Å². The monoisotopic (exact) mass is 146 g/mol. The van der Waals surface area contributed by atoms with Crippen LogP contribution in [0.1, 0.15) is 0 Å². The van der Waals surface area contributed by atoms with Crippen molar-refractivity contribution >= 4 is 11.9 Å². The van der Waals surface area contributed by atoms with Gasteiger partial charge in [-0.2, -0.15) is 4.41 Å². The molecule has 9 heavy (non-hydrogen) atoms. The van der Waals surface area contributed by atoms with E-state index in [2.05, 4.69) is 0 Å². The van der Waals surface area contributed by atoms with E-state index in [0.717, 1.165) is 0 Å². The fourth-order valence-electron chi connectivity index (χ4n) is 0.562. The highest BCUT2D eigenvalue weighted by atomic mass is 32.2. The summed E-state index contributed by atoms with van der Waals surface area (Å²) in [5.41, 5.74) is 11.0. The summed E-state index contributed by atoms with van der Waals surface area (Å²) in [6, 6.07) is 0. The van der Waals surface area contributed by atoms with Crippen LogP contribution >= 0.6 is 11.9 Å². The second kappa shape index (κ2) is 2.00. The third kappa shape index (κ3) is 0.927.